The molecule has 2 heterocycles. The lowest BCUT2D eigenvalue weighted by Crippen LogP contribution is -2.35. The Morgan fingerprint density at radius 3 is 2.71 bits per heavy atom. The molecule has 21 heavy (non-hydrogen) atoms. The summed E-state index contributed by atoms with van der Waals surface area (Å²) in [5.41, 5.74) is 0. The van der Waals surface area contributed by atoms with Crippen molar-refractivity contribution in [3.05, 3.63) is 11.9 Å². The number of anilines is 2. The van der Waals surface area contributed by atoms with Crippen LogP contribution in [0.5, 0.6) is 0 Å². The first-order chi connectivity index (χ1) is 10.3. The van der Waals surface area contributed by atoms with Gasteiger partial charge in [0.05, 0.1) is 0 Å². The van der Waals surface area contributed by atoms with Crippen LogP contribution in [-0.2, 0) is 11.3 Å². The third kappa shape index (κ3) is 4.54. The number of aliphatic hydroxyl groups excluding tert-OH is 1. The molecule has 2 N–H and O–H groups in total. The van der Waals surface area contributed by atoms with Gasteiger partial charge in [-0.1, -0.05) is 0 Å². The van der Waals surface area contributed by atoms with Gasteiger partial charge in [0.15, 0.2) is 5.82 Å². The number of aliphatic hydroxyl groups is 1. The molecule has 0 saturated carbocycles. The highest BCUT2D eigenvalue weighted by atomic mass is 16.5. The highest BCUT2D eigenvalue weighted by molar-refractivity contribution is 5.49. The van der Waals surface area contributed by atoms with E-state index in [1.807, 2.05) is 13.0 Å². The smallest absolute Gasteiger partial charge is 0.158 e. The van der Waals surface area contributed by atoms with E-state index in [2.05, 4.69) is 27.1 Å². The molecule has 1 aliphatic rings. The average Bonchev–Trinajstić information content (AvgIpc) is 2.53. The molecule has 1 aliphatic heterocycles. The number of aromatic nitrogens is 2. The van der Waals surface area contributed by atoms with Crippen LogP contribution >= 0.6 is 0 Å². The van der Waals surface area contributed by atoms with E-state index in [1.165, 1.54) is 0 Å². The van der Waals surface area contributed by atoms with Gasteiger partial charge in [-0.3, -0.25) is 0 Å². The zero-order chi connectivity index (χ0) is 15.1. The van der Waals surface area contributed by atoms with Crippen LogP contribution in [0.15, 0.2) is 6.07 Å². The van der Waals surface area contributed by atoms with Gasteiger partial charge in [0.2, 0.25) is 0 Å². The van der Waals surface area contributed by atoms with Crippen molar-refractivity contribution >= 4 is 11.6 Å². The van der Waals surface area contributed by atoms with Gasteiger partial charge in [-0.25, -0.2) is 9.97 Å². The predicted octanol–water partition coefficient (Wildman–Crippen LogP) is 1.65. The second kappa shape index (κ2) is 8.14. The summed E-state index contributed by atoms with van der Waals surface area (Å²) in [6.45, 7) is 8.10. The summed E-state index contributed by atoms with van der Waals surface area (Å²) in [6.07, 6.45) is 2.02. The molecule has 6 nitrogen and oxygen atoms in total. The van der Waals surface area contributed by atoms with E-state index in [4.69, 9.17) is 4.74 Å². The van der Waals surface area contributed by atoms with E-state index in [0.717, 1.165) is 49.9 Å². The third-order valence-corrected chi connectivity index (χ3v) is 3.75. The summed E-state index contributed by atoms with van der Waals surface area (Å²) < 4.78 is 5.43. The van der Waals surface area contributed by atoms with Crippen molar-refractivity contribution < 1.29 is 9.84 Å². The minimum atomic E-state index is 0.288. The Labute approximate surface area is 126 Å². The zero-order valence-electron chi connectivity index (χ0n) is 13.0. The average molecular weight is 294 g/mol. The first-order valence-electron chi connectivity index (χ1n) is 7.82. The number of rotatable bonds is 7. The first kappa shape index (κ1) is 16.0. The van der Waals surface area contributed by atoms with Crippen LogP contribution in [0.1, 0.15) is 32.5 Å². The number of hydrogen-bond donors (Lipinski definition) is 2. The summed E-state index contributed by atoms with van der Waals surface area (Å²) >= 11 is 0. The highest BCUT2D eigenvalue weighted by Crippen LogP contribution is 2.23. The fourth-order valence-electron chi connectivity index (χ4n) is 2.52. The summed E-state index contributed by atoms with van der Waals surface area (Å²) in [5.74, 6) is 2.95. The number of ether oxygens (including phenoxy) is 1. The van der Waals surface area contributed by atoms with Crippen LogP contribution in [0, 0.1) is 5.92 Å². The van der Waals surface area contributed by atoms with Crippen LogP contribution in [0.3, 0.4) is 0 Å². The molecule has 0 bridgehead atoms. The highest BCUT2D eigenvalue weighted by Gasteiger charge is 2.20. The lowest BCUT2D eigenvalue weighted by atomic mass is 9.98. The van der Waals surface area contributed by atoms with Crippen LogP contribution in [0.4, 0.5) is 11.6 Å². The maximum Gasteiger partial charge on any atom is 0.158 e. The van der Waals surface area contributed by atoms with E-state index >= 15 is 0 Å². The normalized spacial score (nSPS) is 16.2. The Morgan fingerprint density at radius 2 is 2.10 bits per heavy atom. The maximum atomic E-state index is 9.23. The lowest BCUT2D eigenvalue weighted by Gasteiger charge is -2.32. The van der Waals surface area contributed by atoms with Gasteiger partial charge in [0, 0.05) is 38.9 Å². The molecule has 1 aromatic rings. The Balaban J connectivity index is 2.11. The molecule has 2 rings (SSSR count). The third-order valence-electron chi connectivity index (χ3n) is 3.75. The Bertz CT molecular complexity index is 434. The lowest BCUT2D eigenvalue weighted by molar-refractivity contribution is 0.128. The van der Waals surface area contributed by atoms with Crippen molar-refractivity contribution in [3.8, 4) is 0 Å². The van der Waals surface area contributed by atoms with Crippen LogP contribution in [0.2, 0.25) is 0 Å². The van der Waals surface area contributed by atoms with Gasteiger partial charge < -0.3 is 20.1 Å². The molecule has 0 aromatic carbocycles. The van der Waals surface area contributed by atoms with Crippen LogP contribution in [0.25, 0.3) is 0 Å². The van der Waals surface area contributed by atoms with Crippen molar-refractivity contribution in [1.29, 1.82) is 0 Å². The summed E-state index contributed by atoms with van der Waals surface area (Å²) in [5, 5.41) is 12.5. The standard InChI is InChI=1S/C15H26N4O2/c1-3-16-13-9-15(18-14(17-13)11-21-4-2)19-7-5-12(10-20)6-8-19/h9,12,20H,3-8,10-11H2,1-2H3,(H,16,17,18). The van der Waals surface area contributed by atoms with Gasteiger partial charge in [0.25, 0.3) is 0 Å². The largest absolute Gasteiger partial charge is 0.396 e. The molecule has 0 aliphatic carbocycles. The maximum absolute atomic E-state index is 9.23. The molecule has 0 unspecified atom stereocenters. The monoisotopic (exact) mass is 294 g/mol. The van der Waals surface area contributed by atoms with Crippen molar-refractivity contribution in [2.45, 2.75) is 33.3 Å². The fourth-order valence-corrected chi connectivity index (χ4v) is 2.52. The fraction of sp³-hybridized carbons (Fsp3) is 0.733. The molecule has 1 aromatic heterocycles. The molecule has 1 saturated heterocycles. The first-order valence-corrected chi connectivity index (χ1v) is 7.82. The predicted molar refractivity (Wildman–Crippen MR) is 83.5 cm³/mol. The number of piperidine rings is 1. The van der Waals surface area contributed by atoms with Gasteiger partial charge >= 0.3 is 0 Å². The second-order valence-electron chi connectivity index (χ2n) is 5.31. The number of nitrogens with one attached hydrogen (secondary N) is 1. The molecule has 1 fully saturated rings. The van der Waals surface area contributed by atoms with E-state index in [1.54, 1.807) is 0 Å². The van der Waals surface area contributed by atoms with Crippen LogP contribution < -0.4 is 10.2 Å². The minimum absolute atomic E-state index is 0.288. The van der Waals surface area contributed by atoms with Crippen LogP contribution in [-0.4, -0.2) is 47.9 Å². The zero-order valence-corrected chi connectivity index (χ0v) is 13.0. The molecule has 0 amide bonds. The second-order valence-corrected chi connectivity index (χ2v) is 5.31. The van der Waals surface area contributed by atoms with E-state index < -0.39 is 0 Å². The SMILES string of the molecule is CCNc1cc(N2CCC(CO)CC2)nc(COCC)n1. The van der Waals surface area contributed by atoms with E-state index in [0.29, 0.717) is 19.1 Å². The van der Waals surface area contributed by atoms with E-state index in [-0.39, 0.29) is 6.61 Å². The molecule has 0 atom stereocenters. The molecular weight excluding hydrogens is 268 g/mol. The molecular formula is C15H26N4O2. The van der Waals surface area contributed by atoms with Crippen molar-refractivity contribution in [1.82, 2.24) is 9.97 Å². The Morgan fingerprint density at radius 1 is 1.33 bits per heavy atom. The van der Waals surface area contributed by atoms with Gasteiger partial charge in [-0.2, -0.15) is 0 Å². The molecule has 0 spiro atoms. The van der Waals surface area contributed by atoms with Gasteiger partial charge in [-0.05, 0) is 32.6 Å². The van der Waals surface area contributed by atoms with Gasteiger partial charge in [0.1, 0.15) is 18.2 Å². The van der Waals surface area contributed by atoms with Gasteiger partial charge in [-0.15, -0.1) is 0 Å². The van der Waals surface area contributed by atoms with Crippen molar-refractivity contribution in [2.24, 2.45) is 5.92 Å². The summed E-state index contributed by atoms with van der Waals surface area (Å²) in [4.78, 5) is 11.4. The Hall–Kier alpha value is -1.40. The molecule has 6 heteroatoms. The van der Waals surface area contributed by atoms with Crippen molar-refractivity contribution in [3.63, 3.8) is 0 Å². The topological polar surface area (TPSA) is 70.5 Å². The quantitative estimate of drug-likeness (QED) is 0.797. The summed E-state index contributed by atoms with van der Waals surface area (Å²) in [6, 6.07) is 2.00. The summed E-state index contributed by atoms with van der Waals surface area (Å²) in [7, 11) is 0. The van der Waals surface area contributed by atoms with Crippen molar-refractivity contribution in [2.75, 3.05) is 43.1 Å². The molecule has 118 valence electrons. The number of nitrogens with zero attached hydrogens (tertiary/aromatic N) is 3. The van der Waals surface area contributed by atoms with E-state index in [9.17, 15) is 5.11 Å². The minimum Gasteiger partial charge on any atom is -0.396 e. The number of hydrogen-bond acceptors (Lipinski definition) is 6. The molecule has 0 radical (unpaired) electrons. The Kier molecular flexibility index (Phi) is 6.20.